The molecule has 1 aliphatic rings. The van der Waals surface area contributed by atoms with Gasteiger partial charge in [-0.05, 0) is 32.6 Å². The van der Waals surface area contributed by atoms with E-state index in [0.717, 1.165) is 31.2 Å². The fourth-order valence-corrected chi connectivity index (χ4v) is 4.30. The first-order valence-electron chi connectivity index (χ1n) is 9.79. The molecule has 3 rings (SSSR count). The molecule has 0 atom stereocenters. The predicted octanol–water partition coefficient (Wildman–Crippen LogP) is 4.52. The molecule has 0 saturated carbocycles. The minimum Gasteiger partial charge on any atom is -0.443 e. The maximum atomic E-state index is 5.85. The van der Waals surface area contributed by atoms with Crippen LogP contribution < -0.4 is 5.32 Å². The smallest absolute Gasteiger partial charge is 0.216 e. The molecule has 2 aromatic heterocycles. The number of halogens is 1. The minimum atomic E-state index is -0.0415. The van der Waals surface area contributed by atoms with Crippen molar-refractivity contribution in [2.24, 2.45) is 4.99 Å². The maximum absolute atomic E-state index is 5.85. The van der Waals surface area contributed by atoms with Crippen molar-refractivity contribution < 1.29 is 4.42 Å². The Hall–Kier alpha value is -1.16. The predicted molar refractivity (Wildman–Crippen MR) is 126 cm³/mol. The Labute approximate surface area is 189 Å². The van der Waals surface area contributed by atoms with Crippen LogP contribution in [0, 0.1) is 0 Å². The second-order valence-corrected chi connectivity index (χ2v) is 9.25. The molecule has 0 bridgehead atoms. The van der Waals surface area contributed by atoms with Crippen molar-refractivity contribution in [1.82, 2.24) is 20.2 Å². The molecule has 2 aromatic rings. The van der Waals surface area contributed by atoms with Crippen molar-refractivity contribution in [3.05, 3.63) is 33.4 Å². The summed E-state index contributed by atoms with van der Waals surface area (Å²) in [4.78, 5) is 17.5. The van der Waals surface area contributed by atoms with E-state index in [0.29, 0.717) is 12.4 Å². The van der Waals surface area contributed by atoms with Crippen LogP contribution in [0.5, 0.6) is 0 Å². The van der Waals surface area contributed by atoms with Gasteiger partial charge >= 0.3 is 0 Å². The van der Waals surface area contributed by atoms with E-state index in [1.54, 1.807) is 0 Å². The number of nitrogens with zero attached hydrogens (tertiary/aromatic N) is 4. The minimum absolute atomic E-state index is 0. The van der Waals surface area contributed by atoms with Crippen LogP contribution in [0.15, 0.2) is 15.6 Å². The van der Waals surface area contributed by atoms with Crippen LogP contribution in [0.1, 0.15) is 67.8 Å². The third-order valence-corrected chi connectivity index (χ3v) is 5.76. The maximum Gasteiger partial charge on any atom is 0.216 e. The Morgan fingerprint density at radius 2 is 2.07 bits per heavy atom. The molecule has 0 aromatic carbocycles. The average molecular weight is 517 g/mol. The number of hydrogen-bond donors (Lipinski definition) is 1. The molecule has 0 unspecified atom stereocenters. The lowest BCUT2D eigenvalue weighted by Gasteiger charge is -2.20. The van der Waals surface area contributed by atoms with Crippen LogP contribution in [0.3, 0.4) is 0 Å². The highest BCUT2D eigenvalue weighted by molar-refractivity contribution is 14.0. The second-order valence-electron chi connectivity index (χ2n) is 8.08. The summed E-state index contributed by atoms with van der Waals surface area (Å²) < 4.78 is 5.85. The third kappa shape index (κ3) is 5.92. The Morgan fingerprint density at radius 3 is 2.71 bits per heavy atom. The molecule has 0 amide bonds. The molecular weight excluding hydrogens is 485 g/mol. The standard InChI is InChI=1S/C20H31N5OS.HI/c1-6-21-19(23-12-17-22-11-16(26-17)20(2,3)4)25(5)13-18-24-14-9-7-8-10-15(14)27-18;/h11H,6-10,12-13H2,1-5H3,(H,21,23);1H. The van der Waals surface area contributed by atoms with Gasteiger partial charge in [-0.1, -0.05) is 20.8 Å². The highest BCUT2D eigenvalue weighted by atomic mass is 127. The van der Waals surface area contributed by atoms with E-state index < -0.39 is 0 Å². The first-order chi connectivity index (χ1) is 12.9. The topological polar surface area (TPSA) is 66.6 Å². The number of aryl methyl sites for hydroxylation is 2. The van der Waals surface area contributed by atoms with E-state index in [4.69, 9.17) is 14.4 Å². The van der Waals surface area contributed by atoms with Crippen LogP contribution >= 0.6 is 35.3 Å². The number of oxazole rings is 1. The quantitative estimate of drug-likeness (QED) is 0.359. The lowest BCUT2D eigenvalue weighted by molar-refractivity contribution is 0.382. The number of nitrogens with one attached hydrogen (secondary N) is 1. The SMILES string of the molecule is CCNC(=NCc1ncc(C(C)(C)C)o1)N(C)Cc1nc2c(s1)CCCC2.I. The fourth-order valence-electron chi connectivity index (χ4n) is 3.09. The third-order valence-electron chi connectivity index (χ3n) is 4.62. The Morgan fingerprint density at radius 1 is 1.32 bits per heavy atom. The zero-order valence-electron chi connectivity index (χ0n) is 17.5. The van der Waals surface area contributed by atoms with Crippen molar-refractivity contribution in [3.63, 3.8) is 0 Å². The van der Waals surface area contributed by atoms with Crippen molar-refractivity contribution in [2.45, 2.75) is 71.9 Å². The molecule has 1 N–H and O–H groups in total. The van der Waals surface area contributed by atoms with E-state index in [9.17, 15) is 0 Å². The van der Waals surface area contributed by atoms with E-state index in [1.807, 2.05) is 17.5 Å². The number of aromatic nitrogens is 2. The Balaban J connectivity index is 0.00000280. The van der Waals surface area contributed by atoms with E-state index in [2.05, 4.69) is 49.9 Å². The van der Waals surface area contributed by atoms with Crippen molar-refractivity contribution in [2.75, 3.05) is 13.6 Å². The molecule has 28 heavy (non-hydrogen) atoms. The van der Waals surface area contributed by atoms with Crippen molar-refractivity contribution >= 4 is 41.3 Å². The van der Waals surface area contributed by atoms with E-state index in [-0.39, 0.29) is 29.4 Å². The normalized spacial score (nSPS) is 14.4. The van der Waals surface area contributed by atoms with Crippen LogP contribution in [0.2, 0.25) is 0 Å². The van der Waals surface area contributed by atoms with Crippen LogP contribution in [0.25, 0.3) is 0 Å². The molecule has 0 aliphatic heterocycles. The van der Waals surface area contributed by atoms with Gasteiger partial charge in [0.2, 0.25) is 5.89 Å². The number of thiazole rings is 1. The summed E-state index contributed by atoms with van der Waals surface area (Å²) >= 11 is 1.85. The molecule has 0 spiro atoms. The summed E-state index contributed by atoms with van der Waals surface area (Å²) in [6.07, 6.45) is 6.68. The summed E-state index contributed by atoms with van der Waals surface area (Å²) in [5.41, 5.74) is 1.27. The molecule has 6 nitrogen and oxygen atoms in total. The van der Waals surface area contributed by atoms with E-state index >= 15 is 0 Å². The zero-order chi connectivity index (χ0) is 19.4. The van der Waals surface area contributed by atoms with Crippen LogP contribution in [0.4, 0.5) is 0 Å². The molecule has 0 radical (unpaired) electrons. The largest absolute Gasteiger partial charge is 0.443 e. The number of guanidine groups is 1. The number of rotatable bonds is 5. The van der Waals surface area contributed by atoms with Crippen LogP contribution in [-0.2, 0) is 31.3 Å². The van der Waals surface area contributed by atoms with Gasteiger partial charge < -0.3 is 14.6 Å². The van der Waals surface area contributed by atoms with Crippen LogP contribution in [-0.4, -0.2) is 34.4 Å². The van der Waals surface area contributed by atoms with Crippen molar-refractivity contribution in [3.8, 4) is 0 Å². The average Bonchev–Trinajstić information content (AvgIpc) is 3.24. The molecule has 0 fully saturated rings. The zero-order valence-corrected chi connectivity index (χ0v) is 20.7. The highest BCUT2D eigenvalue weighted by Gasteiger charge is 2.20. The summed E-state index contributed by atoms with van der Waals surface area (Å²) in [6.45, 7) is 10.4. The number of aliphatic imine (C=N–C) groups is 1. The van der Waals surface area contributed by atoms with E-state index in [1.165, 1.54) is 34.8 Å². The van der Waals surface area contributed by atoms with Gasteiger partial charge in [0.25, 0.3) is 0 Å². The number of fused-ring (bicyclic) bond motifs is 1. The van der Waals surface area contributed by atoms with Gasteiger partial charge in [-0.25, -0.2) is 15.0 Å². The Bertz CT molecular complexity index is 769. The van der Waals surface area contributed by atoms with Crippen molar-refractivity contribution in [1.29, 1.82) is 0 Å². The van der Waals surface area contributed by atoms with Gasteiger partial charge in [-0.3, -0.25) is 0 Å². The van der Waals surface area contributed by atoms with Gasteiger partial charge in [0, 0.05) is 23.9 Å². The molecular formula is C20H32IN5OS. The molecule has 156 valence electrons. The highest BCUT2D eigenvalue weighted by Crippen LogP contribution is 2.27. The van der Waals surface area contributed by atoms with Gasteiger partial charge in [-0.15, -0.1) is 35.3 Å². The van der Waals surface area contributed by atoms with Gasteiger partial charge in [0.1, 0.15) is 17.3 Å². The number of hydrogen-bond acceptors (Lipinski definition) is 5. The monoisotopic (exact) mass is 517 g/mol. The lowest BCUT2D eigenvalue weighted by Crippen LogP contribution is -2.38. The molecule has 2 heterocycles. The lowest BCUT2D eigenvalue weighted by atomic mass is 9.94. The Kier molecular flexibility index (Phi) is 8.30. The summed E-state index contributed by atoms with van der Waals surface area (Å²) in [6, 6.07) is 0. The molecule has 0 saturated heterocycles. The molecule has 1 aliphatic carbocycles. The summed E-state index contributed by atoms with van der Waals surface area (Å²) in [7, 11) is 2.05. The fraction of sp³-hybridized carbons (Fsp3) is 0.650. The van der Waals surface area contributed by atoms with Gasteiger partial charge in [0.05, 0.1) is 18.4 Å². The van der Waals surface area contributed by atoms with Gasteiger partial charge in [-0.2, -0.15) is 0 Å². The first-order valence-corrected chi connectivity index (χ1v) is 10.6. The summed E-state index contributed by atoms with van der Waals surface area (Å²) in [5, 5.41) is 4.52. The first kappa shape index (κ1) is 23.1. The molecule has 8 heteroatoms. The second kappa shape index (κ2) is 10.0. The van der Waals surface area contributed by atoms with Gasteiger partial charge in [0.15, 0.2) is 5.96 Å². The summed E-state index contributed by atoms with van der Waals surface area (Å²) in [5.74, 6) is 2.38.